The van der Waals surface area contributed by atoms with Crippen molar-refractivity contribution in [3.05, 3.63) is 16.6 Å². The van der Waals surface area contributed by atoms with Crippen molar-refractivity contribution in [1.29, 1.82) is 0 Å². The third-order valence-corrected chi connectivity index (χ3v) is 4.39. The number of thiazole rings is 1. The fourth-order valence-corrected chi connectivity index (χ4v) is 2.87. The van der Waals surface area contributed by atoms with E-state index in [0.717, 1.165) is 0 Å². The SMILES string of the molecule is CC(C)SCC[C@@H](N)C(O)C(=O)N(N)C(=O)c1cscn1. The molecule has 0 bridgehead atoms. The van der Waals surface area contributed by atoms with Crippen molar-refractivity contribution in [3.8, 4) is 0 Å². The van der Waals surface area contributed by atoms with E-state index in [1.807, 2.05) is 13.8 Å². The summed E-state index contributed by atoms with van der Waals surface area (Å²) in [6, 6.07) is -0.766. The molecule has 21 heavy (non-hydrogen) atoms. The number of hydrogen-bond acceptors (Lipinski definition) is 8. The number of aliphatic hydroxyl groups is 1. The summed E-state index contributed by atoms with van der Waals surface area (Å²) in [5, 5.41) is 12.2. The molecule has 0 saturated heterocycles. The molecule has 0 aliphatic heterocycles. The summed E-state index contributed by atoms with van der Waals surface area (Å²) in [5.41, 5.74) is 7.29. The van der Waals surface area contributed by atoms with Gasteiger partial charge in [-0.25, -0.2) is 15.8 Å². The van der Waals surface area contributed by atoms with E-state index in [-0.39, 0.29) is 5.69 Å². The topological polar surface area (TPSA) is 123 Å². The Labute approximate surface area is 131 Å². The van der Waals surface area contributed by atoms with Gasteiger partial charge in [0, 0.05) is 11.4 Å². The summed E-state index contributed by atoms with van der Waals surface area (Å²) in [4.78, 5) is 27.6. The normalized spacial score (nSPS) is 14.0. The maximum atomic E-state index is 11.9. The maximum Gasteiger partial charge on any atom is 0.294 e. The smallest absolute Gasteiger partial charge is 0.294 e. The number of carbonyl (C=O) groups excluding carboxylic acids is 2. The molecule has 0 saturated carbocycles. The molecule has 1 unspecified atom stereocenters. The average Bonchev–Trinajstić information content (AvgIpc) is 2.97. The molecule has 2 amide bonds. The minimum Gasteiger partial charge on any atom is -0.382 e. The van der Waals surface area contributed by atoms with Crippen LogP contribution in [0, 0.1) is 0 Å². The molecule has 5 N–H and O–H groups in total. The Hall–Kier alpha value is -1.00. The Morgan fingerprint density at radius 2 is 2.19 bits per heavy atom. The van der Waals surface area contributed by atoms with E-state index in [1.165, 1.54) is 22.2 Å². The molecule has 2 atom stereocenters. The van der Waals surface area contributed by atoms with Crippen LogP contribution in [-0.2, 0) is 4.79 Å². The lowest BCUT2D eigenvalue weighted by atomic mass is 10.1. The van der Waals surface area contributed by atoms with Gasteiger partial charge in [0.1, 0.15) is 11.8 Å². The zero-order valence-corrected chi connectivity index (χ0v) is 13.6. The highest BCUT2D eigenvalue weighted by Gasteiger charge is 2.30. The molecule has 9 heteroatoms. The van der Waals surface area contributed by atoms with Crippen LogP contribution in [0.5, 0.6) is 0 Å². The predicted octanol–water partition coefficient (Wildman–Crippen LogP) is 0.206. The highest BCUT2D eigenvalue weighted by molar-refractivity contribution is 7.99. The second-order valence-electron chi connectivity index (χ2n) is 4.70. The highest BCUT2D eigenvalue weighted by atomic mass is 32.2. The first-order valence-electron chi connectivity index (χ1n) is 6.41. The molecule has 0 spiro atoms. The minimum absolute atomic E-state index is 0.0620. The van der Waals surface area contributed by atoms with Gasteiger partial charge in [0.05, 0.1) is 5.51 Å². The summed E-state index contributed by atoms with van der Waals surface area (Å²) in [5.74, 6) is 4.48. The molecule has 0 fully saturated rings. The number of imide groups is 1. The van der Waals surface area contributed by atoms with Crippen LogP contribution in [0.1, 0.15) is 30.8 Å². The van der Waals surface area contributed by atoms with Gasteiger partial charge < -0.3 is 10.8 Å². The van der Waals surface area contributed by atoms with Gasteiger partial charge >= 0.3 is 0 Å². The van der Waals surface area contributed by atoms with Crippen LogP contribution in [0.4, 0.5) is 0 Å². The van der Waals surface area contributed by atoms with Gasteiger partial charge in [0.2, 0.25) is 0 Å². The lowest BCUT2D eigenvalue weighted by molar-refractivity contribution is -0.138. The van der Waals surface area contributed by atoms with Crippen LogP contribution in [0.15, 0.2) is 10.9 Å². The summed E-state index contributed by atoms with van der Waals surface area (Å²) < 4.78 is 0. The van der Waals surface area contributed by atoms with E-state index in [9.17, 15) is 14.7 Å². The molecule has 1 heterocycles. The van der Waals surface area contributed by atoms with Crippen molar-refractivity contribution in [2.24, 2.45) is 11.6 Å². The number of hydrogen-bond donors (Lipinski definition) is 3. The van der Waals surface area contributed by atoms with Gasteiger partial charge in [-0.2, -0.15) is 11.8 Å². The molecule has 7 nitrogen and oxygen atoms in total. The number of amides is 2. The summed E-state index contributed by atoms with van der Waals surface area (Å²) in [6.45, 7) is 4.10. The van der Waals surface area contributed by atoms with E-state index in [1.54, 1.807) is 11.8 Å². The van der Waals surface area contributed by atoms with Crippen molar-refractivity contribution < 1.29 is 14.7 Å². The average molecular weight is 332 g/mol. The Kier molecular flexibility index (Phi) is 7.26. The number of hydrazine groups is 1. The predicted molar refractivity (Wildman–Crippen MR) is 83.7 cm³/mol. The quantitative estimate of drug-likeness (QED) is 0.370. The van der Waals surface area contributed by atoms with Gasteiger partial charge in [-0.3, -0.25) is 9.59 Å². The second-order valence-corrected chi connectivity index (χ2v) is 7.11. The van der Waals surface area contributed by atoms with Gasteiger partial charge in [0.15, 0.2) is 0 Å². The maximum absolute atomic E-state index is 11.9. The Bertz CT molecular complexity index is 467. The highest BCUT2D eigenvalue weighted by Crippen LogP contribution is 2.13. The first-order valence-corrected chi connectivity index (χ1v) is 8.40. The van der Waals surface area contributed by atoms with Crippen molar-refractivity contribution in [1.82, 2.24) is 9.99 Å². The van der Waals surface area contributed by atoms with Crippen molar-refractivity contribution in [2.45, 2.75) is 37.7 Å². The second kappa shape index (κ2) is 8.44. The number of aliphatic hydroxyl groups excluding tert-OH is 1. The molecule has 0 aliphatic rings. The van der Waals surface area contributed by atoms with E-state index < -0.39 is 24.0 Å². The van der Waals surface area contributed by atoms with Crippen LogP contribution in [0.25, 0.3) is 0 Å². The molecule has 1 rings (SSSR count). The molecule has 0 radical (unpaired) electrons. The Balaban J connectivity index is 2.54. The zero-order valence-electron chi connectivity index (χ0n) is 11.9. The fraction of sp³-hybridized carbons (Fsp3) is 0.583. The number of thioether (sulfide) groups is 1. The number of aromatic nitrogens is 1. The Morgan fingerprint density at radius 3 is 2.71 bits per heavy atom. The number of carbonyl (C=O) groups is 2. The van der Waals surface area contributed by atoms with Crippen LogP contribution in [0.2, 0.25) is 0 Å². The van der Waals surface area contributed by atoms with Crippen LogP contribution < -0.4 is 11.6 Å². The number of rotatable bonds is 7. The number of nitrogens with zero attached hydrogens (tertiary/aromatic N) is 2. The van der Waals surface area contributed by atoms with Crippen molar-refractivity contribution in [3.63, 3.8) is 0 Å². The van der Waals surface area contributed by atoms with Crippen LogP contribution in [0.3, 0.4) is 0 Å². The molecule has 0 aliphatic carbocycles. The standard InChI is InChI=1S/C12H20N4O3S2/c1-7(2)21-4-3-8(13)10(17)12(19)16(14)11(18)9-5-20-6-15-9/h5-8,10,17H,3-4,13-14H2,1-2H3/t8-,10?/m1/s1. The first-order chi connectivity index (χ1) is 9.84. The van der Waals surface area contributed by atoms with E-state index in [4.69, 9.17) is 11.6 Å². The largest absolute Gasteiger partial charge is 0.382 e. The zero-order chi connectivity index (χ0) is 16.0. The minimum atomic E-state index is -1.51. The first kappa shape index (κ1) is 18.1. The van der Waals surface area contributed by atoms with Gasteiger partial charge in [-0.15, -0.1) is 11.3 Å². The third kappa shape index (κ3) is 5.36. The van der Waals surface area contributed by atoms with Crippen LogP contribution >= 0.6 is 23.1 Å². The lowest BCUT2D eigenvalue weighted by Gasteiger charge is -2.22. The number of nitrogens with two attached hydrogens (primary N) is 2. The van der Waals surface area contributed by atoms with Gasteiger partial charge in [-0.05, 0) is 17.4 Å². The molecule has 1 aromatic rings. The third-order valence-electron chi connectivity index (χ3n) is 2.67. The van der Waals surface area contributed by atoms with E-state index in [2.05, 4.69) is 4.98 Å². The molecule has 0 aromatic carbocycles. The molecular weight excluding hydrogens is 312 g/mol. The van der Waals surface area contributed by atoms with E-state index in [0.29, 0.717) is 22.4 Å². The van der Waals surface area contributed by atoms with Gasteiger partial charge in [0.25, 0.3) is 11.8 Å². The monoisotopic (exact) mass is 332 g/mol. The molecule has 118 valence electrons. The molecular formula is C12H20N4O3S2. The summed E-state index contributed by atoms with van der Waals surface area (Å²) in [7, 11) is 0. The van der Waals surface area contributed by atoms with Crippen LogP contribution in [-0.4, -0.2) is 50.1 Å². The fourth-order valence-electron chi connectivity index (χ4n) is 1.46. The van der Waals surface area contributed by atoms with Crippen molar-refractivity contribution in [2.75, 3.05) is 5.75 Å². The Morgan fingerprint density at radius 1 is 1.52 bits per heavy atom. The van der Waals surface area contributed by atoms with E-state index >= 15 is 0 Å². The summed E-state index contributed by atoms with van der Waals surface area (Å²) >= 11 is 2.89. The van der Waals surface area contributed by atoms with Crippen molar-refractivity contribution >= 4 is 34.9 Å². The van der Waals surface area contributed by atoms with Gasteiger partial charge in [-0.1, -0.05) is 13.8 Å². The molecule has 1 aromatic heterocycles. The summed E-state index contributed by atoms with van der Waals surface area (Å²) in [6.07, 6.45) is -1.06. The lowest BCUT2D eigenvalue weighted by Crippen LogP contribution is -2.53.